The van der Waals surface area contributed by atoms with Crippen LogP contribution in [0.2, 0.25) is 0 Å². The van der Waals surface area contributed by atoms with E-state index in [0.717, 1.165) is 5.69 Å². The molecular weight excluding hydrogens is 392 g/mol. The number of fused-ring (bicyclic) bond motifs is 2. The van der Waals surface area contributed by atoms with Gasteiger partial charge in [0.2, 0.25) is 0 Å². The second-order valence-electron chi connectivity index (χ2n) is 6.41. The van der Waals surface area contributed by atoms with Gasteiger partial charge in [-0.05, 0) is 19.1 Å². The zero-order valence-corrected chi connectivity index (χ0v) is 16.4. The SMILES string of the molecule is CCOC(=O)CSC1=NC2CS(=O)(=O)CC2N1c1ccc2c(c1)OCCO2. The molecule has 0 saturated carbocycles. The lowest BCUT2D eigenvalue weighted by Gasteiger charge is -2.28. The van der Waals surface area contributed by atoms with E-state index in [9.17, 15) is 13.2 Å². The Morgan fingerprint density at radius 1 is 1.30 bits per heavy atom. The fraction of sp³-hybridized carbons (Fsp3) is 0.529. The van der Waals surface area contributed by atoms with Crippen molar-refractivity contribution in [1.82, 2.24) is 0 Å². The first-order chi connectivity index (χ1) is 13.0. The molecule has 0 bridgehead atoms. The van der Waals surface area contributed by atoms with Crippen LogP contribution in [0.1, 0.15) is 6.92 Å². The van der Waals surface area contributed by atoms with Crippen molar-refractivity contribution < 1.29 is 27.4 Å². The third kappa shape index (κ3) is 3.73. The highest BCUT2D eigenvalue weighted by Gasteiger charge is 2.47. The number of esters is 1. The van der Waals surface area contributed by atoms with Crippen molar-refractivity contribution in [3.05, 3.63) is 18.2 Å². The van der Waals surface area contributed by atoms with Gasteiger partial charge in [-0.15, -0.1) is 0 Å². The third-order valence-corrected chi connectivity index (χ3v) is 7.18. The molecule has 2 atom stereocenters. The summed E-state index contributed by atoms with van der Waals surface area (Å²) in [6.07, 6.45) is 0. The summed E-state index contributed by atoms with van der Waals surface area (Å²) < 4.78 is 40.4. The van der Waals surface area contributed by atoms with Crippen molar-refractivity contribution in [3.8, 4) is 11.5 Å². The number of nitrogens with zero attached hydrogens (tertiary/aromatic N) is 2. The first kappa shape index (κ1) is 18.4. The second kappa shape index (κ2) is 7.23. The predicted molar refractivity (Wildman–Crippen MR) is 103 cm³/mol. The molecule has 0 spiro atoms. The lowest BCUT2D eigenvalue weighted by Crippen LogP contribution is -2.39. The summed E-state index contributed by atoms with van der Waals surface area (Å²) in [5.41, 5.74) is 0.777. The number of hydrogen-bond acceptors (Lipinski definition) is 9. The van der Waals surface area contributed by atoms with Crippen LogP contribution < -0.4 is 14.4 Å². The highest BCUT2D eigenvalue weighted by atomic mass is 32.2. The first-order valence-corrected chi connectivity index (χ1v) is 11.5. The van der Waals surface area contributed by atoms with Gasteiger partial charge in [0.15, 0.2) is 26.5 Å². The minimum absolute atomic E-state index is 0.0299. The smallest absolute Gasteiger partial charge is 0.316 e. The van der Waals surface area contributed by atoms with E-state index in [4.69, 9.17) is 14.2 Å². The number of carbonyl (C=O) groups excluding carboxylic acids is 1. The summed E-state index contributed by atoms with van der Waals surface area (Å²) in [6, 6.07) is 4.91. The summed E-state index contributed by atoms with van der Waals surface area (Å²) >= 11 is 1.26. The van der Waals surface area contributed by atoms with Gasteiger partial charge in [-0.1, -0.05) is 11.8 Å². The summed E-state index contributed by atoms with van der Waals surface area (Å²) in [5.74, 6) is 1.16. The number of carbonyl (C=O) groups is 1. The van der Waals surface area contributed by atoms with E-state index in [-0.39, 0.29) is 35.3 Å². The third-order valence-electron chi connectivity index (χ3n) is 4.54. The maximum Gasteiger partial charge on any atom is 0.316 e. The average molecular weight is 412 g/mol. The highest BCUT2D eigenvalue weighted by molar-refractivity contribution is 8.14. The summed E-state index contributed by atoms with van der Waals surface area (Å²) in [4.78, 5) is 18.2. The molecular formula is C17H20N2O6S2. The number of aliphatic imine (C=N–C) groups is 1. The molecule has 4 rings (SSSR count). The zero-order chi connectivity index (χ0) is 19.0. The van der Waals surface area contributed by atoms with Crippen molar-refractivity contribution in [2.75, 3.05) is 42.0 Å². The Labute approximate surface area is 161 Å². The van der Waals surface area contributed by atoms with E-state index in [2.05, 4.69) is 4.99 Å². The van der Waals surface area contributed by atoms with Crippen LogP contribution in [0.25, 0.3) is 0 Å². The van der Waals surface area contributed by atoms with Crippen LogP contribution in [0, 0.1) is 0 Å². The Morgan fingerprint density at radius 3 is 2.85 bits per heavy atom. The van der Waals surface area contributed by atoms with Crippen molar-refractivity contribution in [1.29, 1.82) is 0 Å². The molecule has 0 N–H and O–H groups in total. The van der Waals surface area contributed by atoms with Crippen LogP contribution in [0.5, 0.6) is 11.5 Å². The fourth-order valence-corrected chi connectivity index (χ4v) is 6.21. The Morgan fingerprint density at radius 2 is 2.07 bits per heavy atom. The number of anilines is 1. The fourth-order valence-electron chi connectivity index (χ4n) is 3.44. The van der Waals surface area contributed by atoms with Crippen molar-refractivity contribution in [2.45, 2.75) is 19.0 Å². The maximum absolute atomic E-state index is 12.1. The minimum atomic E-state index is -3.13. The van der Waals surface area contributed by atoms with Gasteiger partial charge in [0.25, 0.3) is 0 Å². The van der Waals surface area contributed by atoms with Gasteiger partial charge < -0.3 is 19.1 Å². The number of benzene rings is 1. The number of amidine groups is 1. The van der Waals surface area contributed by atoms with Gasteiger partial charge in [-0.25, -0.2) is 8.42 Å². The molecule has 10 heteroatoms. The number of sulfone groups is 1. The normalized spacial score (nSPS) is 25.1. The minimum Gasteiger partial charge on any atom is -0.486 e. The molecule has 0 aromatic heterocycles. The highest BCUT2D eigenvalue weighted by Crippen LogP contribution is 2.39. The molecule has 1 aromatic rings. The second-order valence-corrected chi connectivity index (χ2v) is 9.51. The van der Waals surface area contributed by atoms with Crippen LogP contribution in [0.4, 0.5) is 5.69 Å². The lowest BCUT2D eigenvalue weighted by atomic mass is 10.1. The van der Waals surface area contributed by atoms with Crippen LogP contribution in [0.15, 0.2) is 23.2 Å². The Hall–Kier alpha value is -1.94. The Bertz CT molecular complexity index is 885. The molecule has 8 nitrogen and oxygen atoms in total. The van der Waals surface area contributed by atoms with E-state index in [0.29, 0.717) is 36.5 Å². The number of thioether (sulfide) groups is 1. The monoisotopic (exact) mass is 412 g/mol. The van der Waals surface area contributed by atoms with Crippen LogP contribution in [-0.2, 0) is 19.4 Å². The van der Waals surface area contributed by atoms with Crippen molar-refractivity contribution in [2.24, 2.45) is 4.99 Å². The maximum atomic E-state index is 12.1. The van der Waals surface area contributed by atoms with E-state index in [1.54, 1.807) is 6.92 Å². The average Bonchev–Trinajstić information content (AvgIpc) is 3.11. The summed E-state index contributed by atoms with van der Waals surface area (Å²) in [7, 11) is -3.13. The van der Waals surface area contributed by atoms with E-state index >= 15 is 0 Å². The van der Waals surface area contributed by atoms with Gasteiger partial charge in [-0.2, -0.15) is 0 Å². The predicted octanol–water partition coefficient (Wildman–Crippen LogP) is 1.10. The Kier molecular flexibility index (Phi) is 4.94. The van der Waals surface area contributed by atoms with Gasteiger partial charge in [-0.3, -0.25) is 9.79 Å². The van der Waals surface area contributed by atoms with E-state index < -0.39 is 9.84 Å². The molecule has 27 heavy (non-hydrogen) atoms. The standard InChI is InChI=1S/C17H20N2O6S2/c1-2-23-16(20)8-26-17-18-12-9-27(21,22)10-13(12)19(17)11-3-4-14-15(7-11)25-6-5-24-14/h3-4,7,12-13H,2,5-6,8-10H2,1H3. The molecule has 3 aliphatic rings. The number of ether oxygens (including phenoxy) is 3. The van der Waals surface area contributed by atoms with Crippen molar-refractivity contribution >= 4 is 38.4 Å². The molecule has 3 heterocycles. The van der Waals surface area contributed by atoms with E-state index in [1.165, 1.54) is 11.8 Å². The summed E-state index contributed by atoms with van der Waals surface area (Å²) in [5, 5.41) is 0.629. The molecule has 1 aromatic carbocycles. The first-order valence-electron chi connectivity index (χ1n) is 8.72. The van der Waals surface area contributed by atoms with Crippen LogP contribution in [0.3, 0.4) is 0 Å². The Balaban J connectivity index is 1.62. The van der Waals surface area contributed by atoms with Crippen LogP contribution >= 0.6 is 11.8 Å². The molecule has 0 amide bonds. The molecule has 1 fully saturated rings. The van der Waals surface area contributed by atoms with Crippen LogP contribution in [-0.4, -0.2) is 68.7 Å². The molecule has 146 valence electrons. The van der Waals surface area contributed by atoms with E-state index in [1.807, 2.05) is 23.1 Å². The quantitative estimate of drug-likeness (QED) is 0.679. The van der Waals surface area contributed by atoms with Gasteiger partial charge in [0, 0.05) is 11.8 Å². The van der Waals surface area contributed by atoms with Gasteiger partial charge in [0.05, 0.1) is 35.9 Å². The molecule has 3 aliphatic heterocycles. The zero-order valence-electron chi connectivity index (χ0n) is 14.8. The summed E-state index contributed by atoms with van der Waals surface area (Å²) in [6.45, 7) is 3.05. The molecule has 1 saturated heterocycles. The van der Waals surface area contributed by atoms with Gasteiger partial charge in [0.1, 0.15) is 13.2 Å². The largest absolute Gasteiger partial charge is 0.486 e. The topological polar surface area (TPSA) is 94.5 Å². The number of hydrogen-bond donors (Lipinski definition) is 0. The van der Waals surface area contributed by atoms with Crippen molar-refractivity contribution in [3.63, 3.8) is 0 Å². The number of rotatable bonds is 4. The molecule has 2 unspecified atom stereocenters. The lowest BCUT2D eigenvalue weighted by molar-refractivity contribution is -0.139. The van der Waals surface area contributed by atoms with Gasteiger partial charge >= 0.3 is 5.97 Å². The molecule has 0 radical (unpaired) electrons. The molecule has 0 aliphatic carbocycles.